The van der Waals surface area contributed by atoms with E-state index in [0.717, 1.165) is 57.2 Å². The van der Waals surface area contributed by atoms with Crippen molar-refractivity contribution >= 4 is 6.41 Å². The summed E-state index contributed by atoms with van der Waals surface area (Å²) in [6.45, 7) is 14.1. The number of aryl methyl sites for hydroxylation is 1. The van der Waals surface area contributed by atoms with Gasteiger partial charge in [-0.15, -0.1) is 0 Å². The van der Waals surface area contributed by atoms with Crippen molar-refractivity contribution in [2.75, 3.05) is 6.54 Å². The maximum atomic E-state index is 10.4. The summed E-state index contributed by atoms with van der Waals surface area (Å²) in [5, 5.41) is 6.44. The number of hydrogen-bond acceptors (Lipinski definition) is 2. The molecule has 27 heavy (non-hydrogen) atoms. The SMILES string of the molecule is C=C(CCCC(C)(C)C)NC(CCCCNC=O)Cc1ccc(CC)cc1. The number of benzene rings is 1. The van der Waals surface area contributed by atoms with E-state index in [-0.39, 0.29) is 0 Å². The Morgan fingerprint density at radius 2 is 1.78 bits per heavy atom. The molecule has 0 saturated carbocycles. The van der Waals surface area contributed by atoms with Gasteiger partial charge in [-0.2, -0.15) is 0 Å². The van der Waals surface area contributed by atoms with E-state index >= 15 is 0 Å². The fraction of sp³-hybridized carbons (Fsp3) is 0.625. The Bertz CT molecular complexity index is 542. The second-order valence-corrected chi connectivity index (χ2v) is 8.80. The smallest absolute Gasteiger partial charge is 0.207 e. The van der Waals surface area contributed by atoms with Crippen LogP contribution >= 0.6 is 0 Å². The van der Waals surface area contributed by atoms with Gasteiger partial charge in [0.05, 0.1) is 0 Å². The largest absolute Gasteiger partial charge is 0.386 e. The van der Waals surface area contributed by atoms with Crippen LogP contribution in [0.15, 0.2) is 36.5 Å². The lowest BCUT2D eigenvalue weighted by Gasteiger charge is -2.23. The summed E-state index contributed by atoms with van der Waals surface area (Å²) in [5.41, 5.74) is 4.29. The highest BCUT2D eigenvalue weighted by Crippen LogP contribution is 2.22. The van der Waals surface area contributed by atoms with Gasteiger partial charge in [0.1, 0.15) is 0 Å². The molecule has 0 aliphatic rings. The van der Waals surface area contributed by atoms with Gasteiger partial charge in [-0.1, -0.05) is 58.5 Å². The second-order valence-electron chi connectivity index (χ2n) is 8.80. The van der Waals surface area contributed by atoms with E-state index in [0.29, 0.717) is 11.5 Å². The predicted molar refractivity (Wildman–Crippen MR) is 117 cm³/mol. The van der Waals surface area contributed by atoms with Crippen molar-refractivity contribution in [1.29, 1.82) is 0 Å². The predicted octanol–water partition coefficient (Wildman–Crippen LogP) is 5.40. The number of carbonyl (C=O) groups is 1. The number of amides is 1. The molecule has 0 aromatic heterocycles. The van der Waals surface area contributed by atoms with Gasteiger partial charge in [0.25, 0.3) is 0 Å². The van der Waals surface area contributed by atoms with Crippen molar-refractivity contribution in [2.45, 2.75) is 85.1 Å². The molecule has 0 bridgehead atoms. The van der Waals surface area contributed by atoms with E-state index in [2.05, 4.69) is 69.2 Å². The van der Waals surface area contributed by atoms with E-state index in [1.165, 1.54) is 24.0 Å². The maximum Gasteiger partial charge on any atom is 0.207 e. The molecule has 0 saturated heterocycles. The number of hydrogen-bond donors (Lipinski definition) is 2. The third-order valence-corrected chi connectivity index (χ3v) is 4.93. The average molecular weight is 373 g/mol. The molecular weight excluding hydrogens is 332 g/mol. The number of rotatable bonds is 14. The zero-order chi connectivity index (χ0) is 20.1. The van der Waals surface area contributed by atoms with E-state index in [9.17, 15) is 4.79 Å². The van der Waals surface area contributed by atoms with E-state index in [4.69, 9.17) is 0 Å². The zero-order valence-corrected chi connectivity index (χ0v) is 17.9. The van der Waals surface area contributed by atoms with Gasteiger partial charge in [0, 0.05) is 18.3 Å². The van der Waals surface area contributed by atoms with Gasteiger partial charge in [-0.05, 0) is 67.9 Å². The van der Waals surface area contributed by atoms with Crippen LogP contribution in [0.25, 0.3) is 0 Å². The van der Waals surface area contributed by atoms with Crippen LogP contribution in [0.2, 0.25) is 0 Å². The lowest BCUT2D eigenvalue weighted by Crippen LogP contribution is -2.30. The van der Waals surface area contributed by atoms with Crippen LogP contribution in [0.5, 0.6) is 0 Å². The second kappa shape index (κ2) is 12.6. The minimum atomic E-state index is 0.381. The van der Waals surface area contributed by atoms with Crippen molar-refractivity contribution in [2.24, 2.45) is 5.41 Å². The highest BCUT2D eigenvalue weighted by molar-refractivity contribution is 5.45. The molecule has 152 valence electrons. The van der Waals surface area contributed by atoms with Crippen molar-refractivity contribution in [3.63, 3.8) is 0 Å². The minimum Gasteiger partial charge on any atom is -0.386 e. The number of allylic oxidation sites excluding steroid dienone is 1. The first-order valence-corrected chi connectivity index (χ1v) is 10.5. The Labute approximate surface area is 167 Å². The Hall–Kier alpha value is -1.77. The average Bonchev–Trinajstić information content (AvgIpc) is 2.61. The van der Waals surface area contributed by atoms with Crippen LogP contribution in [0, 0.1) is 5.41 Å². The molecule has 1 unspecified atom stereocenters. The lowest BCUT2D eigenvalue weighted by molar-refractivity contribution is -0.109. The standard InChI is InChI=1S/C24H40N2O/c1-6-21-12-14-22(15-13-21)18-23(11-7-8-17-25-19-27)26-20(2)10-9-16-24(3,4)5/h12-15,19,23,26H,2,6-11,16-18H2,1,3-5H3,(H,25,27). The van der Waals surface area contributed by atoms with E-state index in [1.54, 1.807) is 0 Å². The van der Waals surface area contributed by atoms with Crippen LogP contribution in [0.1, 0.15) is 77.3 Å². The van der Waals surface area contributed by atoms with Crippen LogP contribution in [-0.4, -0.2) is 19.0 Å². The van der Waals surface area contributed by atoms with E-state index < -0.39 is 0 Å². The third-order valence-electron chi connectivity index (χ3n) is 4.93. The molecule has 1 atom stereocenters. The highest BCUT2D eigenvalue weighted by Gasteiger charge is 2.13. The molecular formula is C24H40N2O. The molecule has 0 heterocycles. The molecule has 1 rings (SSSR count). The summed E-state index contributed by atoms with van der Waals surface area (Å²) in [4.78, 5) is 10.4. The van der Waals surface area contributed by atoms with E-state index in [1.807, 2.05) is 0 Å². The fourth-order valence-corrected chi connectivity index (χ4v) is 3.29. The normalized spacial score (nSPS) is 12.4. The molecule has 2 N–H and O–H groups in total. The van der Waals surface area contributed by atoms with Gasteiger partial charge in [0.15, 0.2) is 0 Å². The molecule has 0 aliphatic carbocycles. The number of carbonyl (C=O) groups excluding carboxylic acids is 1. The first kappa shape index (κ1) is 23.3. The minimum absolute atomic E-state index is 0.381. The summed E-state index contributed by atoms with van der Waals surface area (Å²) in [7, 11) is 0. The van der Waals surface area contributed by atoms with Crippen LogP contribution in [0.3, 0.4) is 0 Å². The lowest BCUT2D eigenvalue weighted by atomic mass is 9.89. The molecule has 0 radical (unpaired) electrons. The molecule has 0 spiro atoms. The Kier molecular flexibility index (Phi) is 10.8. The van der Waals surface area contributed by atoms with Crippen molar-refractivity contribution in [1.82, 2.24) is 10.6 Å². The Morgan fingerprint density at radius 1 is 1.11 bits per heavy atom. The Balaban J connectivity index is 2.54. The van der Waals surface area contributed by atoms with Crippen LogP contribution < -0.4 is 10.6 Å². The Morgan fingerprint density at radius 3 is 2.37 bits per heavy atom. The monoisotopic (exact) mass is 372 g/mol. The van der Waals surface area contributed by atoms with Crippen molar-refractivity contribution in [3.8, 4) is 0 Å². The van der Waals surface area contributed by atoms with Crippen molar-refractivity contribution < 1.29 is 4.79 Å². The maximum absolute atomic E-state index is 10.4. The molecule has 1 amide bonds. The van der Waals surface area contributed by atoms with Gasteiger partial charge < -0.3 is 10.6 Å². The summed E-state index contributed by atoms with van der Waals surface area (Å²) >= 11 is 0. The van der Waals surface area contributed by atoms with Gasteiger partial charge >= 0.3 is 0 Å². The quantitative estimate of drug-likeness (QED) is 0.339. The first-order chi connectivity index (χ1) is 12.8. The van der Waals surface area contributed by atoms with Gasteiger partial charge in [-0.3, -0.25) is 4.79 Å². The molecule has 1 aromatic carbocycles. The van der Waals surface area contributed by atoms with Gasteiger partial charge in [0.2, 0.25) is 6.41 Å². The fourth-order valence-electron chi connectivity index (χ4n) is 3.29. The molecule has 0 aliphatic heterocycles. The summed E-state index contributed by atoms with van der Waals surface area (Å²) in [6, 6.07) is 9.38. The van der Waals surface area contributed by atoms with Crippen LogP contribution in [0.4, 0.5) is 0 Å². The number of nitrogens with one attached hydrogen (secondary N) is 2. The topological polar surface area (TPSA) is 41.1 Å². The zero-order valence-electron chi connectivity index (χ0n) is 17.9. The molecule has 1 aromatic rings. The van der Waals surface area contributed by atoms with Gasteiger partial charge in [-0.25, -0.2) is 0 Å². The third kappa shape index (κ3) is 11.5. The summed E-state index contributed by atoms with van der Waals surface area (Å²) in [6.07, 6.45) is 9.51. The molecule has 3 nitrogen and oxygen atoms in total. The highest BCUT2D eigenvalue weighted by atomic mass is 16.1. The summed E-state index contributed by atoms with van der Waals surface area (Å²) < 4.78 is 0. The first-order valence-electron chi connectivity index (χ1n) is 10.5. The van der Waals surface area contributed by atoms with Crippen LogP contribution in [-0.2, 0) is 17.6 Å². The molecule has 3 heteroatoms. The van der Waals surface area contributed by atoms with Crippen molar-refractivity contribution in [3.05, 3.63) is 47.7 Å². The molecule has 0 fully saturated rings. The summed E-state index contributed by atoms with van der Waals surface area (Å²) in [5.74, 6) is 0. The number of unbranched alkanes of at least 4 members (excludes halogenated alkanes) is 1.